The molecule has 2 aromatic rings. The maximum atomic E-state index is 12.8. The van der Waals surface area contributed by atoms with E-state index in [2.05, 4.69) is 20.6 Å². The van der Waals surface area contributed by atoms with Gasteiger partial charge in [-0.05, 0) is 44.0 Å². The van der Waals surface area contributed by atoms with Gasteiger partial charge in [-0.1, -0.05) is 18.6 Å². The second kappa shape index (κ2) is 7.39. The Bertz CT molecular complexity index is 705. The van der Waals surface area contributed by atoms with Gasteiger partial charge < -0.3 is 10.6 Å². The van der Waals surface area contributed by atoms with E-state index in [0.29, 0.717) is 22.8 Å². The second-order valence-corrected chi connectivity index (χ2v) is 6.30. The third kappa shape index (κ3) is 4.48. The van der Waals surface area contributed by atoms with Gasteiger partial charge in [0.25, 0.3) is 0 Å². The lowest BCUT2D eigenvalue weighted by atomic mass is 10.0. The van der Waals surface area contributed by atoms with Crippen molar-refractivity contribution in [2.75, 3.05) is 18.4 Å². The number of alkyl halides is 3. The lowest BCUT2D eigenvalue weighted by Gasteiger charge is -2.19. The fraction of sp³-hybridized carbons (Fsp3) is 0.444. The van der Waals surface area contributed by atoms with Crippen LogP contribution in [0.3, 0.4) is 0 Å². The summed E-state index contributed by atoms with van der Waals surface area (Å²) < 4.78 is 38.3. The minimum atomic E-state index is -4.34. The molecule has 7 heteroatoms. The number of rotatable bonds is 3. The van der Waals surface area contributed by atoms with Crippen LogP contribution in [0.25, 0.3) is 11.1 Å². The van der Waals surface area contributed by atoms with Crippen molar-refractivity contribution in [3.63, 3.8) is 0 Å². The van der Waals surface area contributed by atoms with Gasteiger partial charge in [-0.15, -0.1) is 0 Å². The molecule has 1 fully saturated rings. The molecule has 0 aliphatic carbocycles. The first-order valence-corrected chi connectivity index (χ1v) is 8.42. The highest BCUT2D eigenvalue weighted by Crippen LogP contribution is 2.32. The van der Waals surface area contributed by atoms with E-state index < -0.39 is 11.7 Å². The Kier molecular flexibility index (Phi) is 5.22. The minimum Gasteiger partial charge on any atom is -0.365 e. The van der Waals surface area contributed by atoms with Crippen LogP contribution < -0.4 is 10.6 Å². The van der Waals surface area contributed by atoms with E-state index in [-0.39, 0.29) is 6.04 Å². The van der Waals surface area contributed by atoms with Gasteiger partial charge in [-0.2, -0.15) is 13.2 Å². The van der Waals surface area contributed by atoms with E-state index in [9.17, 15) is 13.2 Å². The van der Waals surface area contributed by atoms with Crippen molar-refractivity contribution < 1.29 is 13.2 Å². The zero-order valence-corrected chi connectivity index (χ0v) is 14.0. The van der Waals surface area contributed by atoms with Gasteiger partial charge >= 0.3 is 6.18 Å². The number of hydrogen-bond acceptors (Lipinski definition) is 4. The molecular weight excluding hydrogens is 329 g/mol. The highest BCUT2D eigenvalue weighted by Gasteiger charge is 2.30. The van der Waals surface area contributed by atoms with Crippen molar-refractivity contribution >= 4 is 5.82 Å². The summed E-state index contributed by atoms with van der Waals surface area (Å²) in [7, 11) is 0. The maximum absolute atomic E-state index is 12.8. The molecule has 2 N–H and O–H groups in total. The van der Waals surface area contributed by atoms with E-state index in [4.69, 9.17) is 0 Å². The van der Waals surface area contributed by atoms with Gasteiger partial charge in [-0.25, -0.2) is 9.97 Å². The second-order valence-electron chi connectivity index (χ2n) is 6.30. The number of anilines is 1. The molecule has 1 unspecified atom stereocenters. The van der Waals surface area contributed by atoms with Crippen LogP contribution in [0.4, 0.5) is 19.0 Å². The molecule has 0 bridgehead atoms. The highest BCUT2D eigenvalue weighted by atomic mass is 19.4. The SMILES string of the molecule is Cc1ncc(-c2ccc(C(F)(F)F)cc2)c(NC2CCCCNC2)n1. The molecular formula is C18H21F3N4. The minimum absolute atomic E-state index is 0.241. The van der Waals surface area contributed by atoms with Crippen LogP contribution in [0.15, 0.2) is 30.5 Å². The average molecular weight is 350 g/mol. The Morgan fingerprint density at radius 1 is 1.16 bits per heavy atom. The zero-order valence-electron chi connectivity index (χ0n) is 14.0. The molecule has 4 nitrogen and oxygen atoms in total. The summed E-state index contributed by atoms with van der Waals surface area (Å²) in [4.78, 5) is 8.68. The summed E-state index contributed by atoms with van der Waals surface area (Å²) in [5, 5.41) is 6.82. The van der Waals surface area contributed by atoms with Crippen molar-refractivity contribution in [3.8, 4) is 11.1 Å². The third-order valence-corrected chi connectivity index (χ3v) is 4.32. The van der Waals surface area contributed by atoms with Gasteiger partial charge in [0.1, 0.15) is 11.6 Å². The summed E-state index contributed by atoms with van der Waals surface area (Å²) in [6.45, 7) is 3.65. The molecule has 3 rings (SSSR count). The summed E-state index contributed by atoms with van der Waals surface area (Å²) >= 11 is 0. The van der Waals surface area contributed by atoms with Crippen LogP contribution in [-0.2, 0) is 6.18 Å². The van der Waals surface area contributed by atoms with Crippen molar-refractivity contribution in [1.82, 2.24) is 15.3 Å². The molecule has 1 saturated heterocycles. The molecule has 1 aliphatic rings. The average Bonchev–Trinajstić information content (AvgIpc) is 2.83. The molecule has 2 heterocycles. The topological polar surface area (TPSA) is 49.8 Å². The van der Waals surface area contributed by atoms with Crippen LogP contribution in [0.1, 0.15) is 30.7 Å². The number of aryl methyl sites for hydroxylation is 1. The fourth-order valence-electron chi connectivity index (χ4n) is 2.97. The Morgan fingerprint density at radius 2 is 1.92 bits per heavy atom. The van der Waals surface area contributed by atoms with E-state index in [1.54, 1.807) is 13.1 Å². The van der Waals surface area contributed by atoms with Crippen molar-refractivity contribution in [1.29, 1.82) is 0 Å². The molecule has 1 atom stereocenters. The van der Waals surface area contributed by atoms with Gasteiger partial charge in [0.05, 0.1) is 5.56 Å². The van der Waals surface area contributed by atoms with Crippen LogP contribution in [-0.4, -0.2) is 29.1 Å². The summed E-state index contributed by atoms with van der Waals surface area (Å²) in [5.74, 6) is 1.29. The van der Waals surface area contributed by atoms with E-state index in [1.807, 2.05) is 0 Å². The molecule has 0 amide bonds. The third-order valence-electron chi connectivity index (χ3n) is 4.32. The lowest BCUT2D eigenvalue weighted by molar-refractivity contribution is -0.137. The first kappa shape index (κ1) is 17.7. The fourth-order valence-corrected chi connectivity index (χ4v) is 2.97. The monoisotopic (exact) mass is 350 g/mol. The predicted molar refractivity (Wildman–Crippen MR) is 91.3 cm³/mol. The number of aromatic nitrogens is 2. The number of benzene rings is 1. The first-order chi connectivity index (χ1) is 11.9. The number of halogens is 3. The van der Waals surface area contributed by atoms with Crippen molar-refractivity contribution in [3.05, 3.63) is 41.9 Å². The molecule has 0 radical (unpaired) electrons. The van der Waals surface area contributed by atoms with Crippen LogP contribution in [0, 0.1) is 6.92 Å². The molecule has 1 aromatic heterocycles. The van der Waals surface area contributed by atoms with E-state index in [1.165, 1.54) is 12.1 Å². The summed E-state index contributed by atoms with van der Waals surface area (Å²) in [6, 6.07) is 5.35. The zero-order chi connectivity index (χ0) is 17.9. The Morgan fingerprint density at radius 3 is 2.64 bits per heavy atom. The molecule has 25 heavy (non-hydrogen) atoms. The van der Waals surface area contributed by atoms with Crippen molar-refractivity contribution in [2.24, 2.45) is 0 Å². The summed E-state index contributed by atoms with van der Waals surface area (Å²) in [5.41, 5.74) is 0.715. The lowest BCUT2D eigenvalue weighted by Crippen LogP contribution is -2.31. The van der Waals surface area contributed by atoms with E-state index >= 15 is 0 Å². The first-order valence-electron chi connectivity index (χ1n) is 8.42. The molecule has 0 saturated carbocycles. The highest BCUT2D eigenvalue weighted by molar-refractivity contribution is 5.74. The van der Waals surface area contributed by atoms with Crippen molar-refractivity contribution in [2.45, 2.75) is 38.4 Å². The van der Waals surface area contributed by atoms with Gasteiger partial charge in [0.2, 0.25) is 0 Å². The number of nitrogens with one attached hydrogen (secondary N) is 2. The van der Waals surface area contributed by atoms with Crippen LogP contribution in [0.5, 0.6) is 0 Å². The number of hydrogen-bond donors (Lipinski definition) is 2. The predicted octanol–water partition coefficient (Wildman–Crippen LogP) is 4.02. The smallest absolute Gasteiger partial charge is 0.365 e. The van der Waals surface area contributed by atoms with E-state index in [0.717, 1.165) is 44.5 Å². The molecule has 0 spiro atoms. The molecule has 1 aromatic carbocycles. The molecule has 1 aliphatic heterocycles. The Balaban J connectivity index is 1.88. The van der Waals surface area contributed by atoms with Crippen LogP contribution >= 0.6 is 0 Å². The quantitative estimate of drug-likeness (QED) is 0.878. The largest absolute Gasteiger partial charge is 0.416 e. The maximum Gasteiger partial charge on any atom is 0.416 e. The Labute approximate surface area is 144 Å². The summed E-state index contributed by atoms with van der Waals surface area (Å²) in [6.07, 6.45) is 0.631. The number of nitrogens with zero attached hydrogens (tertiary/aromatic N) is 2. The normalized spacial score (nSPS) is 18.6. The van der Waals surface area contributed by atoms with Crippen LogP contribution in [0.2, 0.25) is 0 Å². The standard InChI is InChI=1S/C18H21F3N4/c1-12-23-11-16(13-5-7-14(8-6-13)18(19,20)21)17(24-12)25-15-4-2-3-9-22-10-15/h5-8,11,15,22H,2-4,9-10H2,1H3,(H,23,24,25). The van der Waals surface area contributed by atoms with Gasteiger partial charge in [-0.3, -0.25) is 0 Å². The van der Waals surface area contributed by atoms with Gasteiger partial charge in [0.15, 0.2) is 0 Å². The molecule has 134 valence electrons. The Hall–Kier alpha value is -2.15. The van der Waals surface area contributed by atoms with Gasteiger partial charge in [0, 0.05) is 24.3 Å².